The molecule has 0 aliphatic carbocycles. The molecule has 0 aliphatic heterocycles. The molecule has 0 amide bonds. The Balaban J connectivity index is 3.24. The van der Waals surface area contributed by atoms with Gasteiger partial charge in [0.2, 0.25) is 10.0 Å². The number of carboxylic acids is 1. The second kappa shape index (κ2) is 6.69. The van der Waals surface area contributed by atoms with Crippen LogP contribution in [0.5, 0.6) is 0 Å². The maximum Gasteiger partial charge on any atom is 0.335 e. The topological polar surface area (TPSA) is 74.7 Å². The molecule has 0 unspecified atom stereocenters. The molecule has 0 spiro atoms. The smallest absolute Gasteiger partial charge is 0.335 e. The summed E-state index contributed by atoms with van der Waals surface area (Å²) in [5.41, 5.74) is 0.0442. The zero-order valence-corrected chi connectivity index (χ0v) is 14.0. The molecule has 1 N–H and O–H groups in total. The van der Waals surface area contributed by atoms with E-state index >= 15 is 0 Å². The van der Waals surface area contributed by atoms with Crippen molar-refractivity contribution < 1.29 is 18.3 Å². The fourth-order valence-corrected chi connectivity index (χ4v) is 4.44. The number of carbonyl (C=O) groups is 1. The Hall–Kier alpha value is -0.920. The van der Waals surface area contributed by atoms with Gasteiger partial charge in [0.1, 0.15) is 0 Å². The third-order valence-electron chi connectivity index (χ3n) is 2.72. The molecule has 1 aromatic rings. The summed E-state index contributed by atoms with van der Waals surface area (Å²) < 4.78 is 26.7. The maximum absolute atomic E-state index is 12.5. The summed E-state index contributed by atoms with van der Waals surface area (Å²) >= 11 is 3.15. The molecule has 0 bridgehead atoms. The number of carboxylic acid groups (broad SMARTS) is 1. The Kier molecular flexibility index (Phi) is 5.73. The summed E-state index contributed by atoms with van der Waals surface area (Å²) in [5, 5.41) is 8.90. The average molecular weight is 364 g/mol. The average Bonchev–Trinajstić information content (AvgIpc) is 2.34. The van der Waals surface area contributed by atoms with E-state index in [0.29, 0.717) is 13.1 Å². The lowest BCUT2D eigenvalue weighted by Crippen LogP contribution is -2.34. The molecule has 0 heterocycles. The highest BCUT2D eigenvalue weighted by atomic mass is 79.9. The van der Waals surface area contributed by atoms with Crippen molar-refractivity contribution in [3.8, 4) is 0 Å². The van der Waals surface area contributed by atoms with E-state index in [1.165, 1.54) is 22.5 Å². The number of hydrogen-bond donors (Lipinski definition) is 1. The van der Waals surface area contributed by atoms with E-state index in [0.717, 1.165) is 0 Å². The third kappa shape index (κ3) is 3.80. The largest absolute Gasteiger partial charge is 0.478 e. The first-order valence-corrected chi connectivity index (χ1v) is 8.46. The second-order valence-electron chi connectivity index (χ2n) is 4.80. The van der Waals surface area contributed by atoms with E-state index in [9.17, 15) is 13.2 Å². The van der Waals surface area contributed by atoms with Crippen LogP contribution in [0.2, 0.25) is 0 Å². The van der Waals surface area contributed by atoms with Crippen LogP contribution in [0.25, 0.3) is 0 Å². The van der Waals surface area contributed by atoms with Crippen LogP contribution < -0.4 is 0 Å². The van der Waals surface area contributed by atoms with Crippen LogP contribution in [-0.2, 0) is 10.0 Å². The number of rotatable bonds is 6. The minimum Gasteiger partial charge on any atom is -0.478 e. The molecule has 112 valence electrons. The molecular formula is C13H18BrNO4S. The summed E-state index contributed by atoms with van der Waals surface area (Å²) in [6, 6.07) is 3.92. The van der Waals surface area contributed by atoms with E-state index in [1.54, 1.807) is 6.92 Å². The van der Waals surface area contributed by atoms with Gasteiger partial charge in [0.25, 0.3) is 0 Å². The zero-order chi connectivity index (χ0) is 15.5. The highest BCUT2D eigenvalue weighted by Gasteiger charge is 2.26. The van der Waals surface area contributed by atoms with Crippen molar-refractivity contribution in [3.63, 3.8) is 0 Å². The molecular weight excluding hydrogens is 346 g/mol. The van der Waals surface area contributed by atoms with Crippen LogP contribution in [0.4, 0.5) is 0 Å². The van der Waals surface area contributed by atoms with Crippen molar-refractivity contribution in [2.45, 2.75) is 25.7 Å². The van der Waals surface area contributed by atoms with Gasteiger partial charge in [-0.25, -0.2) is 13.2 Å². The van der Waals surface area contributed by atoms with Crippen molar-refractivity contribution in [2.75, 3.05) is 13.1 Å². The molecule has 1 aromatic carbocycles. The normalized spacial score (nSPS) is 12.1. The molecule has 20 heavy (non-hydrogen) atoms. The standard InChI is InChI=1S/C13H18BrNO4S/c1-4-15(8-9(2)3)20(18,19)12-6-5-10(13(16)17)7-11(12)14/h5-7,9H,4,8H2,1-3H3,(H,16,17). The number of nitrogens with zero attached hydrogens (tertiary/aromatic N) is 1. The Morgan fingerprint density at radius 2 is 2.00 bits per heavy atom. The van der Waals surface area contributed by atoms with Crippen LogP contribution in [0.1, 0.15) is 31.1 Å². The Labute approximate surface area is 127 Å². The number of aromatic carboxylic acids is 1. The third-order valence-corrected chi connectivity index (χ3v) is 5.64. The lowest BCUT2D eigenvalue weighted by Gasteiger charge is -2.23. The first-order chi connectivity index (χ1) is 9.20. The first-order valence-electron chi connectivity index (χ1n) is 6.23. The fraction of sp³-hybridized carbons (Fsp3) is 0.462. The SMILES string of the molecule is CCN(CC(C)C)S(=O)(=O)c1ccc(C(=O)O)cc1Br. The number of sulfonamides is 1. The van der Waals surface area contributed by atoms with Gasteiger partial charge in [-0.2, -0.15) is 4.31 Å². The van der Waals surface area contributed by atoms with E-state index < -0.39 is 16.0 Å². The molecule has 0 aliphatic rings. The van der Waals surface area contributed by atoms with E-state index in [2.05, 4.69) is 15.9 Å². The summed E-state index contributed by atoms with van der Waals surface area (Å²) in [6.45, 7) is 6.46. The van der Waals surface area contributed by atoms with Crippen LogP contribution in [0.3, 0.4) is 0 Å². The predicted molar refractivity (Wildman–Crippen MR) is 80.4 cm³/mol. The summed E-state index contributed by atoms with van der Waals surface area (Å²) in [7, 11) is -3.63. The van der Waals surface area contributed by atoms with E-state index in [4.69, 9.17) is 5.11 Å². The second-order valence-corrected chi connectivity index (χ2v) is 7.56. The van der Waals surface area contributed by atoms with Crippen LogP contribution in [0.15, 0.2) is 27.6 Å². The number of halogens is 1. The van der Waals surface area contributed by atoms with Gasteiger partial charge in [-0.1, -0.05) is 20.8 Å². The lowest BCUT2D eigenvalue weighted by atomic mass is 10.2. The van der Waals surface area contributed by atoms with Crippen molar-refractivity contribution in [3.05, 3.63) is 28.2 Å². The number of hydrogen-bond acceptors (Lipinski definition) is 3. The van der Waals surface area contributed by atoms with Gasteiger partial charge in [0.15, 0.2) is 0 Å². The minimum absolute atomic E-state index is 0.0442. The Morgan fingerprint density at radius 3 is 2.40 bits per heavy atom. The molecule has 0 fully saturated rings. The van der Waals surface area contributed by atoms with Crippen LogP contribution in [0, 0.1) is 5.92 Å². The maximum atomic E-state index is 12.5. The predicted octanol–water partition coefficient (Wildman–Crippen LogP) is 2.81. The van der Waals surface area contributed by atoms with E-state index in [1.807, 2.05) is 13.8 Å². The van der Waals surface area contributed by atoms with Crippen molar-refractivity contribution in [2.24, 2.45) is 5.92 Å². The van der Waals surface area contributed by atoms with Crippen molar-refractivity contribution in [1.29, 1.82) is 0 Å². The highest BCUT2D eigenvalue weighted by Crippen LogP contribution is 2.26. The molecule has 1 rings (SSSR count). The summed E-state index contributed by atoms with van der Waals surface area (Å²) in [5.74, 6) is -0.883. The molecule has 0 radical (unpaired) electrons. The molecule has 0 saturated carbocycles. The zero-order valence-electron chi connectivity index (χ0n) is 11.6. The van der Waals surface area contributed by atoms with Gasteiger partial charge in [0.05, 0.1) is 10.5 Å². The van der Waals surface area contributed by atoms with Gasteiger partial charge >= 0.3 is 5.97 Å². The van der Waals surface area contributed by atoms with Gasteiger partial charge < -0.3 is 5.11 Å². The van der Waals surface area contributed by atoms with Gasteiger partial charge in [-0.05, 0) is 40.0 Å². The quantitative estimate of drug-likeness (QED) is 0.842. The van der Waals surface area contributed by atoms with Gasteiger partial charge in [-0.15, -0.1) is 0 Å². The Bertz CT molecular complexity index is 598. The lowest BCUT2D eigenvalue weighted by molar-refractivity contribution is 0.0696. The minimum atomic E-state index is -3.63. The summed E-state index contributed by atoms with van der Waals surface area (Å²) in [4.78, 5) is 11.0. The van der Waals surface area contributed by atoms with Crippen LogP contribution in [-0.4, -0.2) is 36.9 Å². The van der Waals surface area contributed by atoms with Gasteiger partial charge in [-0.3, -0.25) is 0 Å². The van der Waals surface area contributed by atoms with Crippen molar-refractivity contribution >= 4 is 31.9 Å². The molecule has 0 aromatic heterocycles. The van der Waals surface area contributed by atoms with E-state index in [-0.39, 0.29) is 20.8 Å². The van der Waals surface area contributed by atoms with Crippen LogP contribution >= 0.6 is 15.9 Å². The molecule has 5 nitrogen and oxygen atoms in total. The molecule has 0 saturated heterocycles. The summed E-state index contributed by atoms with van der Waals surface area (Å²) in [6.07, 6.45) is 0. The monoisotopic (exact) mass is 363 g/mol. The Morgan fingerprint density at radius 1 is 1.40 bits per heavy atom. The van der Waals surface area contributed by atoms with Crippen molar-refractivity contribution in [1.82, 2.24) is 4.31 Å². The highest BCUT2D eigenvalue weighted by molar-refractivity contribution is 9.10. The fourth-order valence-electron chi connectivity index (χ4n) is 1.79. The number of benzene rings is 1. The first kappa shape index (κ1) is 17.1. The molecule has 0 atom stereocenters. The van der Waals surface area contributed by atoms with Gasteiger partial charge in [0, 0.05) is 17.6 Å². The molecule has 7 heteroatoms.